The highest BCUT2D eigenvalue weighted by molar-refractivity contribution is 8.20. The zero-order chi connectivity index (χ0) is 59.9. The molecule has 8 aromatic rings. The number of carbonyl (C=O) groups is 2. The van der Waals surface area contributed by atoms with Crippen LogP contribution in [-0.2, 0) is 10.0 Å². The topological polar surface area (TPSA) is 137 Å². The molecule has 4 aromatic carbocycles. The Balaban J connectivity index is 0.000000187. The smallest absolute Gasteiger partial charge is 0.390 e. The number of halogens is 10. The lowest BCUT2D eigenvalue weighted by atomic mass is 9.98. The summed E-state index contributed by atoms with van der Waals surface area (Å²) in [7, 11) is 2.60. The summed E-state index contributed by atoms with van der Waals surface area (Å²) in [5, 5.41) is 14.6. The zero-order valence-electron chi connectivity index (χ0n) is 45.8. The van der Waals surface area contributed by atoms with E-state index in [2.05, 4.69) is 25.7 Å². The van der Waals surface area contributed by atoms with E-state index >= 15 is 8.78 Å². The van der Waals surface area contributed by atoms with Crippen LogP contribution in [0, 0.1) is 37.3 Å². The number of Topliss-reactive ketones (excluding diaryl/α,β-unsaturated/α-hetero) is 2. The van der Waals surface area contributed by atoms with E-state index < -0.39 is 64.6 Å². The summed E-state index contributed by atoms with van der Waals surface area (Å²) in [4.78, 5) is 34.3. The van der Waals surface area contributed by atoms with Gasteiger partial charge in [0.1, 0.15) is 9.77 Å². The Bertz CT molecular complexity index is 3780. The molecule has 1 saturated heterocycles. The lowest BCUT2D eigenvalue weighted by Gasteiger charge is -2.28. The molecule has 0 radical (unpaired) electrons. The van der Waals surface area contributed by atoms with E-state index in [0.29, 0.717) is 81.3 Å². The summed E-state index contributed by atoms with van der Waals surface area (Å²) in [6.07, 6.45) is -2.74. The molecule has 12 nitrogen and oxygen atoms in total. The molecule has 0 atom stereocenters. The van der Waals surface area contributed by atoms with Gasteiger partial charge in [-0.15, -0.1) is 23.5 Å². The van der Waals surface area contributed by atoms with Crippen LogP contribution in [0.25, 0.3) is 33.8 Å². The van der Waals surface area contributed by atoms with Gasteiger partial charge < -0.3 is 20.1 Å². The lowest BCUT2D eigenvalue weighted by molar-refractivity contribution is -0.132. The summed E-state index contributed by atoms with van der Waals surface area (Å²) in [5.74, 6) is -2.86. The van der Waals surface area contributed by atoms with Gasteiger partial charge in [0.2, 0.25) is 0 Å². The molecule has 24 heteroatoms. The predicted molar refractivity (Wildman–Crippen MR) is 303 cm³/mol. The summed E-state index contributed by atoms with van der Waals surface area (Å²) < 4.78 is 150. The van der Waals surface area contributed by atoms with Gasteiger partial charge in [0.05, 0.1) is 67.9 Å². The van der Waals surface area contributed by atoms with Crippen LogP contribution >= 0.6 is 23.5 Å². The Kier molecular flexibility index (Phi) is 17.1. The fraction of sp³-hybridized carbons (Fsp3) is 0.367. The van der Waals surface area contributed by atoms with E-state index in [1.165, 1.54) is 26.5 Å². The number of ketones is 2. The Morgan fingerprint density at radius 1 is 0.619 bits per heavy atom. The van der Waals surface area contributed by atoms with Gasteiger partial charge in [0, 0.05) is 65.3 Å². The highest BCUT2D eigenvalue weighted by Crippen LogP contribution is 2.57. The number of hydrogen-bond acceptors (Lipinski definition) is 12. The van der Waals surface area contributed by atoms with Crippen LogP contribution in [0.3, 0.4) is 0 Å². The minimum Gasteiger partial charge on any atom is -0.494 e. The van der Waals surface area contributed by atoms with Gasteiger partial charge in [0.15, 0.2) is 46.0 Å². The number of alkyl halides is 8. The highest BCUT2D eigenvalue weighted by Gasteiger charge is 2.43. The van der Waals surface area contributed by atoms with Crippen molar-refractivity contribution in [1.82, 2.24) is 29.2 Å². The fourth-order valence-electron chi connectivity index (χ4n) is 10.00. The summed E-state index contributed by atoms with van der Waals surface area (Å²) in [5.41, 5.74) is 5.32. The first-order chi connectivity index (χ1) is 39.9. The lowest BCUT2D eigenvalue weighted by Crippen LogP contribution is -2.22. The van der Waals surface area contributed by atoms with E-state index in [9.17, 15) is 44.7 Å². The number of hydrogen-bond donors (Lipinski definition) is 2. The molecule has 0 unspecified atom stereocenters. The number of carbonyl (C=O) groups excluding carboxylic acids is 2. The number of benzene rings is 4. The third-order valence-electron chi connectivity index (χ3n) is 14.8. The first-order valence-corrected chi connectivity index (χ1v) is 28.9. The maximum absolute atomic E-state index is 15.7. The Morgan fingerprint density at radius 3 is 1.55 bits per heavy atom. The van der Waals surface area contributed by atoms with Crippen LogP contribution < -0.4 is 20.1 Å². The standard InChI is InChI=1S/C31H30F4N4O2S2.C29H26F6N4O2/c1-18-13-20(5-7-22(18)26(40)14-19-3-4-19)25-17-37-29-24(36-10-9-30(33,34)35)16-28(38-39(25)29)31(42-11-12-43-31)21-6-8-27(41-2)23(32)15-21;1-16-11-18(5-7-20(16)24(40)12-17-3-4-17)23-15-37-27-22(36-10-9-28(31,32)33)14-26(38-39(23)27)29(34,35)19-6-8-25(41-2)21(30)13-19/h5-8,13,15-17,19,36H,3-4,9-12,14H2,1-2H3;5-8,11,13-15,17,36H,3-4,9-10,12H2,1-2H3. The molecular weight excluding hydrogens is 1150 g/mol. The minimum atomic E-state index is -4.47. The Morgan fingerprint density at radius 2 is 1.10 bits per heavy atom. The number of thioether (sulfide) groups is 2. The van der Waals surface area contributed by atoms with E-state index in [-0.39, 0.29) is 46.6 Å². The van der Waals surface area contributed by atoms with Crippen LogP contribution in [0.1, 0.15) is 106 Å². The molecule has 2 N–H and O–H groups in total. The summed E-state index contributed by atoms with van der Waals surface area (Å²) >= 11 is 3.20. The maximum atomic E-state index is 15.7. The van der Waals surface area contributed by atoms with Gasteiger partial charge in [-0.3, -0.25) is 9.59 Å². The van der Waals surface area contributed by atoms with Crippen LogP contribution in [0.5, 0.6) is 11.5 Å². The molecule has 11 rings (SSSR count). The molecule has 0 bridgehead atoms. The van der Waals surface area contributed by atoms with E-state index in [0.717, 1.165) is 71.0 Å². The second-order valence-electron chi connectivity index (χ2n) is 21.0. The van der Waals surface area contributed by atoms with Crippen molar-refractivity contribution in [3.63, 3.8) is 0 Å². The summed E-state index contributed by atoms with van der Waals surface area (Å²) in [6.45, 7) is 2.73. The van der Waals surface area contributed by atoms with Crippen molar-refractivity contribution in [2.75, 3.05) is 49.4 Å². The van der Waals surface area contributed by atoms with Crippen molar-refractivity contribution in [1.29, 1.82) is 0 Å². The first kappa shape index (κ1) is 59.8. The van der Waals surface area contributed by atoms with Crippen molar-refractivity contribution in [3.8, 4) is 34.0 Å². The van der Waals surface area contributed by atoms with E-state index in [1.807, 2.05) is 25.1 Å². The monoisotopic (exact) mass is 1210 g/mol. The van der Waals surface area contributed by atoms with E-state index in [1.54, 1.807) is 77.6 Å². The molecular formula is C60H56F10N8O4S2. The van der Waals surface area contributed by atoms with Crippen molar-refractivity contribution >= 4 is 57.8 Å². The second kappa shape index (κ2) is 24.0. The molecule has 0 spiro atoms. The third-order valence-corrected chi connectivity index (χ3v) is 18.3. The fourth-order valence-corrected chi connectivity index (χ4v) is 13.2. The molecule has 3 fully saturated rings. The molecule has 2 aliphatic carbocycles. The molecule has 4 aromatic heterocycles. The van der Waals surface area contributed by atoms with Crippen LogP contribution in [-0.4, -0.2) is 91.9 Å². The number of aromatic nitrogens is 6. The number of nitrogens with one attached hydrogen (secondary N) is 2. The average Bonchev–Trinajstić information content (AvgIpc) is 2.63. The normalized spacial score (nSPS) is 15.3. The average molecular weight is 1210 g/mol. The second-order valence-corrected chi connectivity index (χ2v) is 23.9. The van der Waals surface area contributed by atoms with Crippen molar-refractivity contribution in [2.24, 2.45) is 11.8 Å². The number of ether oxygens (including phenoxy) is 2. The van der Waals surface area contributed by atoms with Crippen LogP contribution in [0.4, 0.5) is 55.3 Å². The molecule has 442 valence electrons. The van der Waals surface area contributed by atoms with E-state index in [4.69, 9.17) is 14.6 Å². The number of methoxy groups -OCH3 is 2. The van der Waals surface area contributed by atoms with Crippen LogP contribution in [0.15, 0.2) is 97.3 Å². The number of fused-ring (bicyclic) bond motifs is 2. The zero-order valence-corrected chi connectivity index (χ0v) is 47.4. The Hall–Kier alpha value is -7.34. The number of aryl methyl sites for hydroxylation is 2. The van der Waals surface area contributed by atoms with Gasteiger partial charge in [0.25, 0.3) is 0 Å². The SMILES string of the molecule is COc1ccc(C(F)(F)c2cc(NCCC(F)(F)F)c3ncc(-c4ccc(C(=O)CC5CC5)c(C)c4)n3n2)cc1F.COc1ccc(C2(c3cc(NCCC(F)(F)F)c4ncc(-c5ccc(C(=O)CC6CC6)c(C)c5)n4n3)SCCS2)cc1F. The number of nitrogens with zero attached hydrogens (tertiary/aromatic N) is 6. The summed E-state index contributed by atoms with van der Waals surface area (Å²) in [6, 6.07) is 20.7. The minimum absolute atomic E-state index is 0.0224. The van der Waals surface area contributed by atoms with Gasteiger partial charge in [-0.1, -0.05) is 30.3 Å². The largest absolute Gasteiger partial charge is 0.494 e. The predicted octanol–water partition coefficient (Wildman–Crippen LogP) is 15.2. The number of rotatable bonds is 20. The maximum Gasteiger partial charge on any atom is 0.390 e. The van der Waals surface area contributed by atoms with Gasteiger partial charge in [-0.25, -0.2) is 27.8 Å². The first-order valence-electron chi connectivity index (χ1n) is 27.0. The van der Waals surface area contributed by atoms with Gasteiger partial charge in [-0.05, 0) is 123 Å². The molecule has 2 saturated carbocycles. The number of imidazole rings is 2. The number of anilines is 2. The van der Waals surface area contributed by atoms with Crippen LogP contribution in [0.2, 0.25) is 0 Å². The third kappa shape index (κ3) is 13.1. The van der Waals surface area contributed by atoms with Crippen molar-refractivity contribution < 1.29 is 63.0 Å². The van der Waals surface area contributed by atoms with Gasteiger partial charge >= 0.3 is 18.3 Å². The van der Waals surface area contributed by atoms with Crippen molar-refractivity contribution in [2.45, 2.75) is 87.6 Å². The molecule has 3 aliphatic rings. The molecule has 5 heterocycles. The molecule has 0 amide bonds. The quantitative estimate of drug-likeness (QED) is 0.0555. The van der Waals surface area contributed by atoms with Crippen molar-refractivity contribution in [3.05, 3.63) is 154 Å². The molecule has 1 aliphatic heterocycles. The van der Waals surface area contributed by atoms with Gasteiger partial charge in [-0.2, -0.15) is 45.3 Å². The Labute approximate surface area is 484 Å². The highest BCUT2D eigenvalue weighted by atomic mass is 32.2. The molecule has 84 heavy (non-hydrogen) atoms.